The molecule has 6 nitrogen and oxygen atoms in total. The number of hydrogen-bond acceptors (Lipinski definition) is 3. The topological polar surface area (TPSA) is 112 Å². The van der Waals surface area contributed by atoms with Gasteiger partial charge in [0.2, 0.25) is 0 Å². The van der Waals surface area contributed by atoms with Crippen LogP contribution >= 0.6 is 0 Å². The van der Waals surface area contributed by atoms with Crippen LogP contribution in [-0.4, -0.2) is 33.2 Å². The quantitative estimate of drug-likeness (QED) is 0.665. The molecule has 0 aromatic carbocycles. The molecule has 1 fully saturated rings. The first kappa shape index (κ1) is 16.1. The number of carbonyl (C=O) groups is 3. The summed E-state index contributed by atoms with van der Waals surface area (Å²) in [5.41, 5.74) is -0.178. The smallest absolute Gasteiger partial charge is 0.331 e. The van der Waals surface area contributed by atoms with Gasteiger partial charge in [-0.2, -0.15) is 0 Å². The van der Waals surface area contributed by atoms with Gasteiger partial charge < -0.3 is 15.3 Å². The molecule has 0 bridgehead atoms. The van der Waals surface area contributed by atoms with Crippen molar-refractivity contribution in [3.8, 4) is 0 Å². The summed E-state index contributed by atoms with van der Waals surface area (Å²) in [7, 11) is 0. The Hall–Kier alpha value is -1.85. The van der Waals surface area contributed by atoms with Crippen molar-refractivity contribution in [2.24, 2.45) is 5.92 Å². The number of hydrogen-bond donors (Lipinski definition) is 3. The Morgan fingerprint density at radius 1 is 1.00 bits per heavy atom. The molecule has 0 amide bonds. The lowest BCUT2D eigenvalue weighted by Gasteiger charge is -2.16. The summed E-state index contributed by atoms with van der Waals surface area (Å²) in [4.78, 5) is 30.0. The molecule has 0 atom stereocenters. The molecule has 0 aromatic heterocycles. The van der Waals surface area contributed by atoms with Crippen LogP contribution in [0, 0.1) is 5.92 Å². The van der Waals surface area contributed by atoms with Crippen LogP contribution in [0.2, 0.25) is 0 Å². The van der Waals surface area contributed by atoms with Crippen LogP contribution in [0.3, 0.4) is 0 Å². The van der Waals surface area contributed by atoms with E-state index in [1.807, 2.05) is 0 Å². The van der Waals surface area contributed by atoms with Gasteiger partial charge in [0.05, 0.1) is 5.92 Å². The van der Waals surface area contributed by atoms with Gasteiger partial charge >= 0.3 is 17.9 Å². The second-order valence-corrected chi connectivity index (χ2v) is 4.14. The third-order valence-electron chi connectivity index (χ3n) is 2.63. The van der Waals surface area contributed by atoms with Gasteiger partial charge in [-0.15, -0.1) is 0 Å². The number of aliphatic carboxylic acids is 3. The van der Waals surface area contributed by atoms with Gasteiger partial charge in [-0.05, 0) is 19.8 Å². The van der Waals surface area contributed by atoms with Crippen molar-refractivity contribution in [3.05, 3.63) is 11.6 Å². The fourth-order valence-corrected chi connectivity index (χ4v) is 1.60. The van der Waals surface area contributed by atoms with E-state index in [-0.39, 0.29) is 11.5 Å². The maximum Gasteiger partial charge on any atom is 0.331 e. The van der Waals surface area contributed by atoms with Gasteiger partial charge in [0.25, 0.3) is 0 Å². The highest BCUT2D eigenvalue weighted by molar-refractivity contribution is 5.93. The molecule has 18 heavy (non-hydrogen) atoms. The van der Waals surface area contributed by atoms with Crippen LogP contribution in [0.4, 0.5) is 0 Å². The molecular weight excluding hydrogens is 240 g/mol. The van der Waals surface area contributed by atoms with Gasteiger partial charge in [0.1, 0.15) is 0 Å². The zero-order valence-electron chi connectivity index (χ0n) is 10.3. The van der Waals surface area contributed by atoms with E-state index in [0.29, 0.717) is 6.08 Å². The Bertz CT molecular complexity index is 338. The first-order valence-corrected chi connectivity index (χ1v) is 5.72. The Labute approximate surface area is 105 Å². The molecule has 0 saturated heterocycles. The molecule has 0 spiro atoms. The molecular formula is C12H18O6. The largest absolute Gasteiger partial charge is 0.481 e. The molecule has 1 saturated carbocycles. The lowest BCUT2D eigenvalue weighted by atomic mass is 9.90. The van der Waals surface area contributed by atoms with Crippen LogP contribution in [0.25, 0.3) is 0 Å². The highest BCUT2D eigenvalue weighted by atomic mass is 16.4. The SMILES string of the molecule is C/C(=C/C(=O)O)C(=O)O.O=C(O)C1CCCCC1. The molecule has 1 rings (SSSR count). The molecule has 0 radical (unpaired) electrons. The summed E-state index contributed by atoms with van der Waals surface area (Å²) in [5, 5.41) is 24.6. The second-order valence-electron chi connectivity index (χ2n) is 4.14. The summed E-state index contributed by atoms with van der Waals surface area (Å²) in [6.07, 6.45) is 5.88. The van der Waals surface area contributed by atoms with E-state index < -0.39 is 17.9 Å². The van der Waals surface area contributed by atoms with Gasteiger partial charge in [-0.1, -0.05) is 19.3 Å². The molecule has 0 aromatic rings. The van der Waals surface area contributed by atoms with Crippen molar-refractivity contribution in [2.45, 2.75) is 39.0 Å². The average Bonchev–Trinajstić information content (AvgIpc) is 2.30. The maximum absolute atomic E-state index is 10.4. The average molecular weight is 258 g/mol. The summed E-state index contributed by atoms with van der Waals surface area (Å²) >= 11 is 0. The summed E-state index contributed by atoms with van der Waals surface area (Å²) in [6, 6.07) is 0. The first-order valence-electron chi connectivity index (χ1n) is 5.72. The molecule has 3 N–H and O–H groups in total. The summed E-state index contributed by atoms with van der Waals surface area (Å²) in [5.74, 6) is -3.08. The fourth-order valence-electron chi connectivity index (χ4n) is 1.60. The fraction of sp³-hybridized carbons (Fsp3) is 0.583. The van der Waals surface area contributed by atoms with E-state index in [2.05, 4.69) is 0 Å². The highest BCUT2D eigenvalue weighted by Crippen LogP contribution is 2.23. The van der Waals surface area contributed by atoms with E-state index >= 15 is 0 Å². The zero-order chi connectivity index (χ0) is 14.1. The van der Waals surface area contributed by atoms with E-state index in [1.165, 1.54) is 13.3 Å². The number of rotatable bonds is 3. The predicted octanol–water partition coefficient (Wildman–Crippen LogP) is 1.75. The number of carboxylic acids is 3. The third-order valence-corrected chi connectivity index (χ3v) is 2.63. The second kappa shape index (κ2) is 8.27. The molecule has 0 aliphatic heterocycles. The van der Waals surface area contributed by atoms with Crippen molar-refractivity contribution in [3.63, 3.8) is 0 Å². The minimum atomic E-state index is -1.24. The molecule has 6 heteroatoms. The van der Waals surface area contributed by atoms with Crippen molar-refractivity contribution < 1.29 is 29.7 Å². The third kappa shape index (κ3) is 7.43. The molecule has 1 aliphatic rings. The Morgan fingerprint density at radius 2 is 1.50 bits per heavy atom. The Morgan fingerprint density at radius 3 is 1.72 bits per heavy atom. The van der Waals surface area contributed by atoms with Gasteiger partial charge in [0, 0.05) is 11.6 Å². The minimum Gasteiger partial charge on any atom is -0.481 e. The van der Waals surface area contributed by atoms with Crippen molar-refractivity contribution in [2.75, 3.05) is 0 Å². The van der Waals surface area contributed by atoms with Crippen LogP contribution in [0.15, 0.2) is 11.6 Å². The first-order chi connectivity index (χ1) is 8.34. The van der Waals surface area contributed by atoms with Crippen molar-refractivity contribution in [1.29, 1.82) is 0 Å². The van der Waals surface area contributed by atoms with Crippen molar-refractivity contribution >= 4 is 17.9 Å². The van der Waals surface area contributed by atoms with Crippen molar-refractivity contribution in [1.82, 2.24) is 0 Å². The monoisotopic (exact) mass is 258 g/mol. The lowest BCUT2D eigenvalue weighted by molar-refractivity contribution is -0.142. The van der Waals surface area contributed by atoms with Crippen LogP contribution < -0.4 is 0 Å². The molecule has 1 aliphatic carbocycles. The molecule has 102 valence electrons. The predicted molar refractivity (Wildman–Crippen MR) is 63.2 cm³/mol. The standard InChI is InChI=1S/C7H12O2.C5H6O4/c8-7(9)6-4-2-1-3-5-6;1-3(5(8)9)2-4(6)7/h6H,1-5H2,(H,8,9);2H,1H3,(H,6,7)(H,8,9)/b;3-2-. The maximum atomic E-state index is 10.4. The Balaban J connectivity index is 0.000000321. The lowest BCUT2D eigenvalue weighted by Crippen LogP contribution is -2.16. The van der Waals surface area contributed by atoms with E-state index in [9.17, 15) is 14.4 Å². The zero-order valence-corrected chi connectivity index (χ0v) is 10.3. The molecule has 0 unspecified atom stereocenters. The minimum absolute atomic E-state index is 0.0289. The number of carboxylic acid groups (broad SMARTS) is 3. The van der Waals surface area contributed by atoms with Crippen LogP contribution in [0.5, 0.6) is 0 Å². The Kier molecular flexibility index (Phi) is 7.42. The normalized spacial score (nSPS) is 16.4. The summed E-state index contributed by atoms with van der Waals surface area (Å²) in [6.45, 7) is 1.22. The summed E-state index contributed by atoms with van der Waals surface area (Å²) < 4.78 is 0. The van der Waals surface area contributed by atoms with E-state index in [1.54, 1.807) is 0 Å². The van der Waals surface area contributed by atoms with E-state index in [4.69, 9.17) is 15.3 Å². The van der Waals surface area contributed by atoms with Gasteiger partial charge in [-0.25, -0.2) is 9.59 Å². The van der Waals surface area contributed by atoms with Crippen LogP contribution in [-0.2, 0) is 14.4 Å². The highest BCUT2D eigenvalue weighted by Gasteiger charge is 2.19. The molecule has 0 heterocycles. The van der Waals surface area contributed by atoms with E-state index in [0.717, 1.165) is 25.7 Å². The van der Waals surface area contributed by atoms with Gasteiger partial charge in [-0.3, -0.25) is 4.79 Å². The van der Waals surface area contributed by atoms with Gasteiger partial charge in [0.15, 0.2) is 0 Å². The van der Waals surface area contributed by atoms with Crippen LogP contribution in [0.1, 0.15) is 39.0 Å².